The van der Waals surface area contributed by atoms with E-state index < -0.39 is 0 Å². The van der Waals surface area contributed by atoms with Crippen LogP contribution in [0.1, 0.15) is 0 Å². The first-order valence-electron chi connectivity index (χ1n) is 5.50. The van der Waals surface area contributed by atoms with Gasteiger partial charge in [-0.3, -0.25) is 9.97 Å². The van der Waals surface area contributed by atoms with E-state index in [-0.39, 0.29) is 0 Å². The van der Waals surface area contributed by atoms with Gasteiger partial charge in [0.25, 0.3) is 0 Å². The fourth-order valence-electron chi connectivity index (χ4n) is 2.01. The van der Waals surface area contributed by atoms with Gasteiger partial charge in [0.15, 0.2) is 0 Å². The number of benzene rings is 1. The van der Waals surface area contributed by atoms with Crippen LogP contribution in [0.2, 0.25) is 5.02 Å². The van der Waals surface area contributed by atoms with Gasteiger partial charge in [0.05, 0.1) is 17.4 Å². The molecule has 0 saturated heterocycles. The number of aromatic nitrogens is 2. The quantitative estimate of drug-likeness (QED) is 0.724. The molecular weight excluding hydrogens is 246 g/mol. The maximum absolute atomic E-state index is 6.14. The van der Waals surface area contributed by atoms with E-state index in [0.29, 0.717) is 10.7 Å². The van der Waals surface area contributed by atoms with Crippen molar-refractivity contribution < 1.29 is 0 Å². The van der Waals surface area contributed by atoms with E-state index in [1.54, 1.807) is 18.6 Å². The number of nitrogens with zero attached hydrogens (tertiary/aromatic N) is 2. The van der Waals surface area contributed by atoms with Crippen LogP contribution in [0.4, 0.5) is 5.69 Å². The predicted molar refractivity (Wildman–Crippen MR) is 74.4 cm³/mol. The zero-order chi connectivity index (χ0) is 12.5. The molecule has 0 saturated carbocycles. The zero-order valence-electron chi connectivity index (χ0n) is 9.47. The van der Waals surface area contributed by atoms with Crippen molar-refractivity contribution in [2.45, 2.75) is 0 Å². The number of rotatable bonds is 1. The van der Waals surface area contributed by atoms with Crippen molar-refractivity contribution in [1.29, 1.82) is 0 Å². The van der Waals surface area contributed by atoms with Gasteiger partial charge in [-0.1, -0.05) is 17.7 Å². The van der Waals surface area contributed by atoms with Crippen LogP contribution in [0.5, 0.6) is 0 Å². The summed E-state index contributed by atoms with van der Waals surface area (Å²) in [5.41, 5.74) is 9.29. The molecule has 0 spiro atoms. The molecule has 0 aliphatic rings. The summed E-state index contributed by atoms with van der Waals surface area (Å²) in [6.07, 6.45) is 5.10. The van der Waals surface area contributed by atoms with Crippen molar-refractivity contribution in [3.8, 4) is 11.1 Å². The molecule has 2 aromatic heterocycles. The molecular formula is C14H10ClN3. The highest BCUT2D eigenvalue weighted by molar-refractivity contribution is 6.32. The molecule has 0 unspecified atom stereocenters. The molecule has 3 rings (SSSR count). The Hall–Kier alpha value is -2.13. The fraction of sp³-hybridized carbons (Fsp3) is 0. The van der Waals surface area contributed by atoms with E-state index in [2.05, 4.69) is 9.97 Å². The smallest absolute Gasteiger partial charge is 0.0782 e. The SMILES string of the molecule is Nc1cnccc1-c1cc(Cl)cc2cccnc12. The van der Waals surface area contributed by atoms with E-state index in [4.69, 9.17) is 17.3 Å². The highest BCUT2D eigenvalue weighted by atomic mass is 35.5. The fourth-order valence-corrected chi connectivity index (χ4v) is 2.24. The van der Waals surface area contributed by atoms with Gasteiger partial charge in [-0.2, -0.15) is 0 Å². The van der Waals surface area contributed by atoms with Gasteiger partial charge >= 0.3 is 0 Å². The second-order valence-corrected chi connectivity index (χ2v) is 4.43. The van der Waals surface area contributed by atoms with E-state index >= 15 is 0 Å². The zero-order valence-corrected chi connectivity index (χ0v) is 10.2. The molecule has 88 valence electrons. The van der Waals surface area contributed by atoms with Crippen LogP contribution in [-0.2, 0) is 0 Å². The topological polar surface area (TPSA) is 51.8 Å². The normalized spacial score (nSPS) is 10.7. The van der Waals surface area contributed by atoms with E-state index in [1.807, 2.05) is 30.3 Å². The summed E-state index contributed by atoms with van der Waals surface area (Å²) in [5, 5.41) is 1.66. The van der Waals surface area contributed by atoms with Crippen molar-refractivity contribution in [3.63, 3.8) is 0 Å². The Morgan fingerprint density at radius 2 is 1.94 bits per heavy atom. The number of nitrogens with two attached hydrogens (primary N) is 1. The van der Waals surface area contributed by atoms with Crippen LogP contribution in [0.3, 0.4) is 0 Å². The van der Waals surface area contributed by atoms with Gasteiger partial charge in [0.2, 0.25) is 0 Å². The molecule has 2 N–H and O–H groups in total. The maximum atomic E-state index is 6.14. The van der Waals surface area contributed by atoms with Gasteiger partial charge < -0.3 is 5.73 Å². The number of fused-ring (bicyclic) bond motifs is 1. The average molecular weight is 256 g/mol. The number of hydrogen-bond donors (Lipinski definition) is 1. The van der Waals surface area contributed by atoms with E-state index in [1.165, 1.54) is 0 Å². The van der Waals surface area contributed by atoms with Crippen molar-refractivity contribution in [2.24, 2.45) is 0 Å². The minimum absolute atomic E-state index is 0.617. The largest absolute Gasteiger partial charge is 0.397 e. The summed E-state index contributed by atoms with van der Waals surface area (Å²) >= 11 is 6.14. The third-order valence-electron chi connectivity index (χ3n) is 2.81. The average Bonchev–Trinajstić information content (AvgIpc) is 2.38. The summed E-state index contributed by atoms with van der Waals surface area (Å²) in [6.45, 7) is 0. The van der Waals surface area contributed by atoms with Gasteiger partial charge in [-0.25, -0.2) is 0 Å². The maximum Gasteiger partial charge on any atom is 0.0782 e. The van der Waals surface area contributed by atoms with Crippen molar-refractivity contribution in [2.75, 3.05) is 5.73 Å². The molecule has 0 amide bonds. The van der Waals surface area contributed by atoms with Crippen molar-refractivity contribution in [3.05, 3.63) is 53.9 Å². The molecule has 0 aliphatic heterocycles. The first-order chi connectivity index (χ1) is 8.75. The molecule has 0 bridgehead atoms. The molecule has 3 aromatic rings. The number of anilines is 1. The number of hydrogen-bond acceptors (Lipinski definition) is 3. The lowest BCUT2D eigenvalue weighted by Crippen LogP contribution is -1.92. The lowest BCUT2D eigenvalue weighted by Gasteiger charge is -2.09. The van der Waals surface area contributed by atoms with Crippen molar-refractivity contribution in [1.82, 2.24) is 9.97 Å². The molecule has 3 nitrogen and oxygen atoms in total. The minimum Gasteiger partial charge on any atom is -0.397 e. The Kier molecular flexibility index (Phi) is 2.61. The van der Waals surface area contributed by atoms with Crippen LogP contribution in [0, 0.1) is 0 Å². The summed E-state index contributed by atoms with van der Waals surface area (Å²) in [4.78, 5) is 8.40. The molecule has 4 heteroatoms. The molecule has 2 heterocycles. The van der Waals surface area contributed by atoms with Gasteiger partial charge in [-0.15, -0.1) is 0 Å². The minimum atomic E-state index is 0.617. The second kappa shape index (κ2) is 4.27. The molecule has 18 heavy (non-hydrogen) atoms. The molecule has 0 aliphatic carbocycles. The Morgan fingerprint density at radius 3 is 2.78 bits per heavy atom. The summed E-state index contributed by atoms with van der Waals surface area (Å²) in [6, 6.07) is 9.51. The van der Waals surface area contributed by atoms with Crippen molar-refractivity contribution >= 4 is 28.2 Å². The highest BCUT2D eigenvalue weighted by Gasteiger charge is 2.09. The summed E-state index contributed by atoms with van der Waals surface area (Å²) < 4.78 is 0. The van der Waals surface area contributed by atoms with Gasteiger partial charge in [-0.05, 0) is 24.3 Å². The molecule has 0 atom stereocenters. The number of nitrogen functional groups attached to an aromatic ring is 1. The third kappa shape index (κ3) is 1.79. The van der Waals surface area contributed by atoms with Gasteiger partial charge in [0, 0.05) is 33.9 Å². The second-order valence-electron chi connectivity index (χ2n) is 3.99. The van der Waals surface area contributed by atoms with Crippen LogP contribution in [0.25, 0.3) is 22.0 Å². The van der Waals surface area contributed by atoms with Crippen LogP contribution in [0.15, 0.2) is 48.9 Å². The number of pyridine rings is 2. The Morgan fingerprint density at radius 1 is 1.06 bits per heavy atom. The molecule has 0 radical (unpaired) electrons. The monoisotopic (exact) mass is 255 g/mol. The van der Waals surface area contributed by atoms with Crippen LogP contribution < -0.4 is 5.73 Å². The predicted octanol–water partition coefficient (Wildman–Crippen LogP) is 3.53. The molecule has 0 fully saturated rings. The number of halogens is 1. The Labute approximate surface area is 109 Å². The third-order valence-corrected chi connectivity index (χ3v) is 3.03. The highest BCUT2D eigenvalue weighted by Crippen LogP contribution is 2.33. The lowest BCUT2D eigenvalue weighted by molar-refractivity contribution is 1.33. The first-order valence-corrected chi connectivity index (χ1v) is 5.87. The standard InChI is InChI=1S/C14H10ClN3/c15-10-6-9-2-1-4-18-14(9)12(7-10)11-3-5-17-8-13(11)16/h1-8H,16H2. The summed E-state index contributed by atoms with van der Waals surface area (Å²) in [5.74, 6) is 0. The van der Waals surface area contributed by atoms with E-state index in [9.17, 15) is 0 Å². The Bertz CT molecular complexity index is 725. The summed E-state index contributed by atoms with van der Waals surface area (Å²) in [7, 11) is 0. The van der Waals surface area contributed by atoms with Crippen LogP contribution in [-0.4, -0.2) is 9.97 Å². The van der Waals surface area contributed by atoms with Gasteiger partial charge in [0.1, 0.15) is 0 Å². The van der Waals surface area contributed by atoms with E-state index in [0.717, 1.165) is 22.0 Å². The Balaban J connectivity index is 2.39. The lowest BCUT2D eigenvalue weighted by atomic mass is 10.0. The first kappa shape index (κ1) is 11.0. The molecule has 1 aromatic carbocycles. The van der Waals surface area contributed by atoms with Crippen LogP contribution >= 0.6 is 11.6 Å².